The van der Waals surface area contributed by atoms with Gasteiger partial charge in [-0.2, -0.15) is 5.10 Å². The number of piperidine rings is 1. The smallest absolute Gasteiger partial charge is 0.266 e. The van der Waals surface area contributed by atoms with Gasteiger partial charge in [0.05, 0.1) is 15.6 Å². The zero-order valence-electron chi connectivity index (χ0n) is 17.1. The van der Waals surface area contributed by atoms with Gasteiger partial charge in [-0.1, -0.05) is 0 Å². The molecule has 158 valence electrons. The van der Waals surface area contributed by atoms with E-state index in [1.54, 1.807) is 28.2 Å². The molecule has 1 aliphatic rings. The van der Waals surface area contributed by atoms with E-state index >= 15 is 0 Å². The van der Waals surface area contributed by atoms with Crippen LogP contribution in [0.25, 0.3) is 10.6 Å². The van der Waals surface area contributed by atoms with Crippen molar-refractivity contribution in [3.05, 3.63) is 68.6 Å². The maximum atomic E-state index is 13.9. The molecule has 2 aromatic heterocycles. The number of aromatic nitrogens is 3. The van der Waals surface area contributed by atoms with Crippen LogP contribution >= 0.6 is 11.3 Å². The van der Waals surface area contributed by atoms with E-state index in [0.29, 0.717) is 24.6 Å². The minimum absolute atomic E-state index is 0.109. The third kappa shape index (κ3) is 4.65. The Hall–Kier alpha value is -2.45. The molecular weight excluding hydrogens is 406 g/mol. The number of likely N-dealkylation sites (tertiary alicyclic amines) is 1. The molecule has 8 heteroatoms. The molecule has 0 amide bonds. The number of hydrogen-bond acceptors (Lipinski definition) is 5. The van der Waals surface area contributed by atoms with E-state index in [2.05, 4.69) is 15.0 Å². The maximum Gasteiger partial charge on any atom is 0.266 e. The number of rotatable bonds is 5. The molecule has 0 atom stereocenters. The Balaban J connectivity index is 1.40. The van der Waals surface area contributed by atoms with E-state index < -0.39 is 5.82 Å². The van der Waals surface area contributed by atoms with Crippen LogP contribution in [0.2, 0.25) is 0 Å². The van der Waals surface area contributed by atoms with Crippen molar-refractivity contribution in [2.75, 3.05) is 13.1 Å². The minimum Gasteiger partial charge on any atom is -0.299 e. The standard InChI is InChI=1S/C22H24F2N4OS/c1-14-22(30-15(2)25-14)20-5-6-21(29)28(26-20)12-16-7-9-27(10-8-16)13-17-11-18(23)3-4-19(17)24/h3-6,11,16H,7-10,12-13H2,1-2H3. The minimum atomic E-state index is -0.419. The molecule has 1 aliphatic heterocycles. The van der Waals surface area contributed by atoms with Gasteiger partial charge in [0.2, 0.25) is 0 Å². The average molecular weight is 431 g/mol. The van der Waals surface area contributed by atoms with Crippen LogP contribution in [0, 0.1) is 31.4 Å². The number of thiazole rings is 1. The Labute approximate surface area is 178 Å². The van der Waals surface area contributed by atoms with Gasteiger partial charge in [-0.3, -0.25) is 9.69 Å². The number of nitrogens with zero attached hydrogens (tertiary/aromatic N) is 4. The average Bonchev–Trinajstić information content (AvgIpc) is 3.06. The zero-order chi connectivity index (χ0) is 21.3. The van der Waals surface area contributed by atoms with Gasteiger partial charge < -0.3 is 0 Å². The first kappa shape index (κ1) is 20.8. The van der Waals surface area contributed by atoms with E-state index in [1.807, 2.05) is 13.8 Å². The summed E-state index contributed by atoms with van der Waals surface area (Å²) in [5.74, 6) is -0.471. The van der Waals surface area contributed by atoms with Gasteiger partial charge in [0, 0.05) is 24.7 Å². The van der Waals surface area contributed by atoms with E-state index in [0.717, 1.165) is 53.3 Å². The van der Waals surface area contributed by atoms with Gasteiger partial charge in [0.15, 0.2) is 0 Å². The van der Waals surface area contributed by atoms with Gasteiger partial charge in [0.1, 0.15) is 17.3 Å². The van der Waals surface area contributed by atoms with Gasteiger partial charge in [-0.25, -0.2) is 18.4 Å². The highest BCUT2D eigenvalue weighted by molar-refractivity contribution is 7.15. The molecule has 0 radical (unpaired) electrons. The Morgan fingerprint density at radius 2 is 1.90 bits per heavy atom. The van der Waals surface area contributed by atoms with Crippen molar-refractivity contribution in [3.63, 3.8) is 0 Å². The largest absolute Gasteiger partial charge is 0.299 e. The molecule has 0 N–H and O–H groups in total. The molecule has 0 saturated carbocycles. The summed E-state index contributed by atoms with van der Waals surface area (Å²) in [7, 11) is 0. The molecule has 0 unspecified atom stereocenters. The molecule has 1 fully saturated rings. The molecule has 3 aromatic rings. The Bertz CT molecular complexity index is 1100. The molecule has 5 nitrogen and oxygen atoms in total. The Morgan fingerprint density at radius 3 is 2.60 bits per heavy atom. The van der Waals surface area contributed by atoms with Gasteiger partial charge >= 0.3 is 0 Å². The number of benzene rings is 1. The van der Waals surface area contributed by atoms with Crippen molar-refractivity contribution in [3.8, 4) is 10.6 Å². The Kier molecular flexibility index (Phi) is 6.06. The predicted octanol–water partition coefficient (Wildman–Crippen LogP) is 4.17. The summed E-state index contributed by atoms with van der Waals surface area (Å²) >= 11 is 1.58. The van der Waals surface area contributed by atoms with Gasteiger partial charge in [-0.05, 0) is 70.0 Å². The molecule has 0 bridgehead atoms. The molecule has 1 saturated heterocycles. The lowest BCUT2D eigenvalue weighted by Crippen LogP contribution is -2.36. The SMILES string of the molecule is Cc1nc(C)c(-c2ccc(=O)n(CC3CCN(Cc4cc(F)ccc4F)CC3)n2)s1. The van der Waals surface area contributed by atoms with E-state index in [4.69, 9.17) is 0 Å². The van der Waals surface area contributed by atoms with Crippen molar-refractivity contribution in [1.82, 2.24) is 19.7 Å². The molecule has 0 aliphatic carbocycles. The van der Waals surface area contributed by atoms with Crippen LogP contribution in [0.3, 0.4) is 0 Å². The first-order chi connectivity index (χ1) is 14.4. The number of halogens is 2. The van der Waals surface area contributed by atoms with E-state index in [9.17, 15) is 13.6 Å². The number of hydrogen-bond donors (Lipinski definition) is 0. The highest BCUT2D eigenvalue weighted by Gasteiger charge is 2.22. The monoisotopic (exact) mass is 430 g/mol. The van der Waals surface area contributed by atoms with E-state index in [-0.39, 0.29) is 11.4 Å². The normalized spacial score (nSPS) is 15.6. The van der Waals surface area contributed by atoms with Crippen molar-refractivity contribution < 1.29 is 8.78 Å². The lowest BCUT2D eigenvalue weighted by molar-refractivity contribution is 0.162. The second-order valence-corrected chi connectivity index (χ2v) is 9.04. The second kappa shape index (κ2) is 8.73. The topological polar surface area (TPSA) is 51.0 Å². The fourth-order valence-electron chi connectivity index (χ4n) is 3.95. The summed E-state index contributed by atoms with van der Waals surface area (Å²) in [5.41, 5.74) is 1.97. The summed E-state index contributed by atoms with van der Waals surface area (Å²) in [6.45, 7) is 6.43. The third-order valence-corrected chi connectivity index (χ3v) is 6.64. The highest BCUT2D eigenvalue weighted by Crippen LogP contribution is 2.27. The molecule has 3 heterocycles. The predicted molar refractivity (Wildman–Crippen MR) is 113 cm³/mol. The molecule has 30 heavy (non-hydrogen) atoms. The van der Waals surface area contributed by atoms with Gasteiger partial charge in [0.25, 0.3) is 5.56 Å². The van der Waals surface area contributed by atoms with Crippen LogP contribution in [-0.2, 0) is 13.1 Å². The van der Waals surface area contributed by atoms with E-state index in [1.165, 1.54) is 12.1 Å². The Morgan fingerprint density at radius 1 is 1.13 bits per heavy atom. The first-order valence-corrected chi connectivity index (χ1v) is 10.9. The van der Waals surface area contributed by atoms with Crippen LogP contribution in [0.5, 0.6) is 0 Å². The van der Waals surface area contributed by atoms with Crippen molar-refractivity contribution in [2.24, 2.45) is 5.92 Å². The summed E-state index contributed by atoms with van der Waals surface area (Å²) in [5, 5.41) is 5.56. The van der Waals surface area contributed by atoms with Crippen molar-refractivity contribution >= 4 is 11.3 Å². The maximum absolute atomic E-state index is 13.9. The lowest BCUT2D eigenvalue weighted by atomic mass is 9.96. The second-order valence-electron chi connectivity index (χ2n) is 7.84. The molecule has 4 rings (SSSR count). The highest BCUT2D eigenvalue weighted by atomic mass is 32.1. The third-order valence-electron chi connectivity index (χ3n) is 5.54. The lowest BCUT2D eigenvalue weighted by Gasteiger charge is -2.32. The molecule has 0 spiro atoms. The van der Waals surface area contributed by atoms with Crippen LogP contribution < -0.4 is 5.56 Å². The first-order valence-electron chi connectivity index (χ1n) is 10.1. The van der Waals surface area contributed by atoms with Crippen LogP contribution in [0.1, 0.15) is 29.1 Å². The van der Waals surface area contributed by atoms with Gasteiger partial charge in [-0.15, -0.1) is 11.3 Å². The zero-order valence-corrected chi connectivity index (χ0v) is 17.9. The summed E-state index contributed by atoms with van der Waals surface area (Å²) < 4.78 is 28.8. The fourth-order valence-corrected chi connectivity index (χ4v) is 4.83. The van der Waals surface area contributed by atoms with Crippen LogP contribution in [0.15, 0.2) is 35.1 Å². The fraction of sp³-hybridized carbons (Fsp3) is 0.409. The summed E-state index contributed by atoms with van der Waals surface area (Å²) in [6.07, 6.45) is 1.77. The summed E-state index contributed by atoms with van der Waals surface area (Å²) in [4.78, 5) is 19.9. The molecular formula is C22H24F2N4OS. The number of aryl methyl sites for hydroxylation is 2. The quantitative estimate of drug-likeness (QED) is 0.610. The van der Waals surface area contributed by atoms with Crippen LogP contribution in [-0.4, -0.2) is 32.8 Å². The summed E-state index contributed by atoms with van der Waals surface area (Å²) in [6, 6.07) is 6.90. The van der Waals surface area contributed by atoms with Crippen molar-refractivity contribution in [1.29, 1.82) is 0 Å². The van der Waals surface area contributed by atoms with Crippen LogP contribution in [0.4, 0.5) is 8.78 Å². The van der Waals surface area contributed by atoms with Crippen molar-refractivity contribution in [2.45, 2.75) is 39.8 Å². The molecule has 1 aromatic carbocycles.